The van der Waals surface area contributed by atoms with Gasteiger partial charge in [0.25, 0.3) is 5.91 Å². The fraction of sp³-hybridized carbons (Fsp3) is 0.182. The van der Waals surface area contributed by atoms with E-state index in [0.717, 1.165) is 5.56 Å². The molecule has 0 saturated heterocycles. The highest BCUT2D eigenvalue weighted by Crippen LogP contribution is 2.35. The van der Waals surface area contributed by atoms with Crippen LogP contribution in [0.4, 0.5) is 5.82 Å². The van der Waals surface area contributed by atoms with Crippen molar-refractivity contribution < 1.29 is 23.5 Å². The minimum atomic E-state index is -0.951. The number of nitrogens with zero attached hydrogens (tertiary/aromatic N) is 1. The lowest BCUT2D eigenvalue weighted by Gasteiger charge is -2.16. The SMILES string of the molecule is C#CCOC(C(=O)Nc1nocc1-c1ccc(OC)c(OC)c1)c1ccc(Cl)cc1. The summed E-state index contributed by atoms with van der Waals surface area (Å²) < 4.78 is 21.2. The van der Waals surface area contributed by atoms with Crippen molar-refractivity contribution in [1.29, 1.82) is 0 Å². The highest BCUT2D eigenvalue weighted by molar-refractivity contribution is 6.30. The van der Waals surface area contributed by atoms with Crippen molar-refractivity contribution in [2.45, 2.75) is 6.10 Å². The van der Waals surface area contributed by atoms with E-state index in [2.05, 4.69) is 16.4 Å². The molecule has 0 aliphatic carbocycles. The third-order valence-electron chi connectivity index (χ3n) is 4.25. The van der Waals surface area contributed by atoms with Gasteiger partial charge in [0.05, 0.1) is 19.8 Å². The molecule has 1 heterocycles. The molecule has 0 fully saturated rings. The fourth-order valence-corrected chi connectivity index (χ4v) is 2.94. The molecule has 2 aromatic carbocycles. The van der Waals surface area contributed by atoms with Crippen LogP contribution in [0.3, 0.4) is 0 Å². The Morgan fingerprint density at radius 2 is 1.93 bits per heavy atom. The van der Waals surface area contributed by atoms with Crippen LogP contribution in [0.5, 0.6) is 11.5 Å². The van der Waals surface area contributed by atoms with Gasteiger partial charge in [0.2, 0.25) is 0 Å². The van der Waals surface area contributed by atoms with Gasteiger partial charge in [0, 0.05) is 5.02 Å². The van der Waals surface area contributed by atoms with Gasteiger partial charge in [-0.3, -0.25) is 4.79 Å². The maximum Gasteiger partial charge on any atom is 0.259 e. The molecule has 1 aromatic heterocycles. The van der Waals surface area contributed by atoms with E-state index in [9.17, 15) is 4.79 Å². The van der Waals surface area contributed by atoms with Gasteiger partial charge in [-0.25, -0.2) is 0 Å². The number of ether oxygens (including phenoxy) is 3. The predicted octanol–water partition coefficient (Wildman–Crippen LogP) is 4.34. The van der Waals surface area contributed by atoms with Gasteiger partial charge >= 0.3 is 0 Å². The van der Waals surface area contributed by atoms with Crippen molar-refractivity contribution >= 4 is 23.3 Å². The second-order valence-corrected chi connectivity index (χ2v) is 6.52. The number of hydrogen-bond acceptors (Lipinski definition) is 6. The molecule has 0 spiro atoms. The Bertz CT molecular complexity index is 1060. The maximum atomic E-state index is 12.9. The van der Waals surface area contributed by atoms with Crippen LogP contribution in [0.1, 0.15) is 11.7 Å². The van der Waals surface area contributed by atoms with Crippen molar-refractivity contribution in [1.82, 2.24) is 5.16 Å². The van der Waals surface area contributed by atoms with Gasteiger partial charge in [-0.2, -0.15) is 0 Å². The molecule has 0 aliphatic heterocycles. The number of methoxy groups -OCH3 is 2. The van der Waals surface area contributed by atoms with Crippen LogP contribution in [0, 0.1) is 12.3 Å². The zero-order valence-corrected chi connectivity index (χ0v) is 17.1. The van der Waals surface area contributed by atoms with E-state index in [1.807, 2.05) is 0 Å². The molecule has 8 heteroatoms. The Labute approximate surface area is 178 Å². The number of rotatable bonds is 8. The Hall–Kier alpha value is -3.47. The summed E-state index contributed by atoms with van der Waals surface area (Å²) in [4.78, 5) is 12.9. The molecule has 3 rings (SSSR count). The standard InChI is InChI=1S/C22H19ClN2O5/c1-4-11-29-20(14-5-8-16(23)9-6-14)22(26)24-21-17(13-30-25-21)15-7-10-18(27-2)19(12-15)28-3/h1,5-10,12-13,20H,11H2,2-3H3,(H,24,25,26). The molecule has 1 atom stereocenters. The number of amides is 1. The Balaban J connectivity index is 1.87. The van der Waals surface area contributed by atoms with E-state index in [4.69, 9.17) is 36.8 Å². The molecule has 1 unspecified atom stereocenters. The summed E-state index contributed by atoms with van der Waals surface area (Å²) in [5, 5.41) is 7.18. The minimum absolute atomic E-state index is 0.0396. The molecular formula is C22H19ClN2O5. The van der Waals surface area contributed by atoms with Crippen LogP contribution in [-0.2, 0) is 9.53 Å². The summed E-state index contributed by atoms with van der Waals surface area (Å²) in [6.45, 7) is -0.0396. The van der Waals surface area contributed by atoms with Gasteiger partial charge in [-0.05, 0) is 35.4 Å². The number of anilines is 1. The molecule has 0 aliphatic rings. The summed E-state index contributed by atoms with van der Waals surface area (Å²) in [6.07, 6.45) is 5.77. The molecule has 30 heavy (non-hydrogen) atoms. The smallest absolute Gasteiger partial charge is 0.259 e. The van der Waals surface area contributed by atoms with Gasteiger partial charge in [-0.15, -0.1) is 6.42 Å². The van der Waals surface area contributed by atoms with Crippen LogP contribution in [0.15, 0.2) is 53.3 Å². The third-order valence-corrected chi connectivity index (χ3v) is 4.50. The number of benzene rings is 2. The van der Waals surface area contributed by atoms with Crippen LogP contribution in [0.2, 0.25) is 5.02 Å². The lowest BCUT2D eigenvalue weighted by Crippen LogP contribution is -2.24. The number of carbonyl (C=O) groups is 1. The van der Waals surface area contributed by atoms with Gasteiger partial charge in [-0.1, -0.05) is 40.9 Å². The second kappa shape index (κ2) is 9.83. The van der Waals surface area contributed by atoms with E-state index in [1.165, 1.54) is 13.4 Å². The number of terminal acetylenes is 1. The van der Waals surface area contributed by atoms with Crippen LogP contribution >= 0.6 is 11.6 Å². The molecule has 0 radical (unpaired) electrons. The summed E-state index contributed by atoms with van der Waals surface area (Å²) >= 11 is 5.94. The summed E-state index contributed by atoms with van der Waals surface area (Å²) in [7, 11) is 3.09. The second-order valence-electron chi connectivity index (χ2n) is 6.08. The number of aromatic nitrogens is 1. The molecule has 3 aromatic rings. The molecular weight excluding hydrogens is 408 g/mol. The van der Waals surface area contributed by atoms with Gasteiger partial charge in [0.1, 0.15) is 12.9 Å². The van der Waals surface area contributed by atoms with Crippen LogP contribution < -0.4 is 14.8 Å². The van der Waals surface area contributed by atoms with Crippen molar-refractivity contribution in [3.05, 3.63) is 59.3 Å². The van der Waals surface area contributed by atoms with E-state index < -0.39 is 12.0 Å². The van der Waals surface area contributed by atoms with Crippen LogP contribution in [0.25, 0.3) is 11.1 Å². The van der Waals surface area contributed by atoms with Gasteiger partial charge in [0.15, 0.2) is 23.4 Å². The van der Waals surface area contributed by atoms with E-state index >= 15 is 0 Å². The normalized spacial score (nSPS) is 11.4. The quantitative estimate of drug-likeness (QED) is 0.539. The predicted molar refractivity (Wildman–Crippen MR) is 113 cm³/mol. The number of carbonyl (C=O) groups excluding carboxylic acids is 1. The summed E-state index contributed by atoms with van der Waals surface area (Å²) in [5.74, 6) is 3.25. The maximum absolute atomic E-state index is 12.9. The van der Waals surface area contributed by atoms with Gasteiger partial charge < -0.3 is 24.1 Å². The summed E-state index contributed by atoms with van der Waals surface area (Å²) in [6, 6.07) is 12.0. The topological polar surface area (TPSA) is 82.8 Å². The molecule has 154 valence electrons. The molecule has 1 amide bonds. The van der Waals surface area contributed by atoms with Crippen molar-refractivity contribution in [2.24, 2.45) is 0 Å². The Kier molecular flexibility index (Phi) is 6.96. The monoisotopic (exact) mass is 426 g/mol. The van der Waals surface area contributed by atoms with Crippen molar-refractivity contribution in [3.63, 3.8) is 0 Å². The lowest BCUT2D eigenvalue weighted by atomic mass is 10.1. The molecule has 0 bridgehead atoms. The average Bonchev–Trinajstić information content (AvgIpc) is 3.22. The first-order valence-corrected chi connectivity index (χ1v) is 9.23. The largest absolute Gasteiger partial charge is 0.493 e. The zero-order valence-electron chi connectivity index (χ0n) is 16.3. The Morgan fingerprint density at radius 1 is 1.20 bits per heavy atom. The van der Waals surface area contributed by atoms with E-state index in [-0.39, 0.29) is 12.4 Å². The molecule has 7 nitrogen and oxygen atoms in total. The first-order valence-electron chi connectivity index (χ1n) is 8.85. The lowest BCUT2D eigenvalue weighted by molar-refractivity contribution is -0.127. The van der Waals surface area contributed by atoms with Crippen LogP contribution in [-0.4, -0.2) is 31.9 Å². The molecule has 1 N–H and O–H groups in total. The first-order chi connectivity index (χ1) is 14.6. The zero-order chi connectivity index (χ0) is 21.5. The van der Waals surface area contributed by atoms with E-state index in [1.54, 1.807) is 49.6 Å². The number of hydrogen-bond donors (Lipinski definition) is 1. The first kappa shape index (κ1) is 21.2. The van der Waals surface area contributed by atoms with Crippen molar-refractivity contribution in [3.8, 4) is 35.0 Å². The Morgan fingerprint density at radius 3 is 2.60 bits per heavy atom. The molecule has 0 saturated carbocycles. The highest BCUT2D eigenvalue weighted by Gasteiger charge is 2.24. The number of nitrogens with one attached hydrogen (secondary N) is 1. The van der Waals surface area contributed by atoms with E-state index in [0.29, 0.717) is 27.6 Å². The highest BCUT2D eigenvalue weighted by atomic mass is 35.5. The summed E-state index contributed by atoms with van der Waals surface area (Å²) in [5.41, 5.74) is 1.89. The minimum Gasteiger partial charge on any atom is -0.493 e. The number of halogens is 1. The fourth-order valence-electron chi connectivity index (χ4n) is 2.81. The van der Waals surface area contributed by atoms with Crippen molar-refractivity contribution in [2.75, 3.05) is 26.1 Å². The average molecular weight is 427 g/mol. The third kappa shape index (κ3) is 4.74.